The molecule has 1 aromatic rings. The molecular formula is C14H17NO3. The van der Waals surface area contributed by atoms with Gasteiger partial charge in [0.25, 0.3) is 0 Å². The summed E-state index contributed by atoms with van der Waals surface area (Å²) in [5.74, 6) is 0.0739. The molecular weight excluding hydrogens is 230 g/mol. The second-order valence-electron chi connectivity index (χ2n) is 4.42. The molecule has 2 rings (SSSR count). The number of nitrogens with zero attached hydrogens (tertiary/aromatic N) is 1. The fourth-order valence-electron chi connectivity index (χ4n) is 2.14. The van der Waals surface area contributed by atoms with E-state index < -0.39 is 6.09 Å². The first-order chi connectivity index (χ1) is 8.70. The van der Waals surface area contributed by atoms with Crippen LogP contribution >= 0.6 is 0 Å². The second kappa shape index (κ2) is 5.69. The molecule has 0 radical (unpaired) electrons. The SMILES string of the molecule is C=C[C@@H]1CN(C(=O)O)C[C@H]1OCc1ccccc1. The highest BCUT2D eigenvalue weighted by Gasteiger charge is 2.34. The van der Waals surface area contributed by atoms with Crippen molar-refractivity contribution in [1.82, 2.24) is 4.90 Å². The van der Waals surface area contributed by atoms with Gasteiger partial charge < -0.3 is 14.7 Å². The number of hydrogen-bond acceptors (Lipinski definition) is 2. The van der Waals surface area contributed by atoms with Crippen molar-refractivity contribution in [1.29, 1.82) is 0 Å². The van der Waals surface area contributed by atoms with Gasteiger partial charge in [-0.25, -0.2) is 4.79 Å². The summed E-state index contributed by atoms with van der Waals surface area (Å²) in [5, 5.41) is 8.97. The molecule has 18 heavy (non-hydrogen) atoms. The molecule has 1 saturated heterocycles. The zero-order chi connectivity index (χ0) is 13.0. The van der Waals surface area contributed by atoms with E-state index in [1.54, 1.807) is 6.08 Å². The lowest BCUT2D eigenvalue weighted by Gasteiger charge is -2.15. The van der Waals surface area contributed by atoms with E-state index in [0.29, 0.717) is 19.7 Å². The topological polar surface area (TPSA) is 49.8 Å². The minimum atomic E-state index is -0.896. The second-order valence-corrected chi connectivity index (χ2v) is 4.42. The van der Waals surface area contributed by atoms with Crippen LogP contribution in [0.3, 0.4) is 0 Å². The maximum absolute atomic E-state index is 10.9. The van der Waals surface area contributed by atoms with Gasteiger partial charge in [0, 0.05) is 12.5 Å². The molecule has 4 nitrogen and oxygen atoms in total. The fourth-order valence-corrected chi connectivity index (χ4v) is 2.14. The lowest BCUT2D eigenvalue weighted by Crippen LogP contribution is -2.28. The van der Waals surface area contributed by atoms with Crippen molar-refractivity contribution >= 4 is 6.09 Å². The highest BCUT2D eigenvalue weighted by atomic mass is 16.5. The highest BCUT2D eigenvalue weighted by Crippen LogP contribution is 2.22. The zero-order valence-electron chi connectivity index (χ0n) is 10.2. The number of rotatable bonds is 4. The van der Waals surface area contributed by atoms with E-state index in [4.69, 9.17) is 9.84 Å². The van der Waals surface area contributed by atoms with Gasteiger partial charge in [-0.1, -0.05) is 36.4 Å². The molecule has 1 aliphatic heterocycles. The molecule has 1 fully saturated rings. The highest BCUT2D eigenvalue weighted by molar-refractivity contribution is 5.65. The molecule has 1 N–H and O–H groups in total. The summed E-state index contributed by atoms with van der Waals surface area (Å²) in [6.45, 7) is 5.13. The van der Waals surface area contributed by atoms with E-state index in [1.165, 1.54) is 4.90 Å². The Morgan fingerprint density at radius 2 is 2.17 bits per heavy atom. The first-order valence-electron chi connectivity index (χ1n) is 5.96. The molecule has 0 saturated carbocycles. The van der Waals surface area contributed by atoms with Crippen LogP contribution in [0.1, 0.15) is 5.56 Å². The fraction of sp³-hybridized carbons (Fsp3) is 0.357. The number of carboxylic acid groups (broad SMARTS) is 1. The summed E-state index contributed by atoms with van der Waals surface area (Å²) in [4.78, 5) is 12.3. The Hall–Kier alpha value is -1.81. The quantitative estimate of drug-likeness (QED) is 0.831. The number of likely N-dealkylation sites (tertiary alicyclic amines) is 1. The van der Waals surface area contributed by atoms with Crippen LogP contribution in [0.15, 0.2) is 43.0 Å². The molecule has 0 aliphatic carbocycles. The van der Waals surface area contributed by atoms with Crippen LogP contribution in [0.25, 0.3) is 0 Å². The molecule has 1 aromatic carbocycles. The predicted molar refractivity (Wildman–Crippen MR) is 68.3 cm³/mol. The average Bonchev–Trinajstić information content (AvgIpc) is 2.81. The Labute approximate surface area is 106 Å². The van der Waals surface area contributed by atoms with Crippen LogP contribution in [0.4, 0.5) is 4.79 Å². The van der Waals surface area contributed by atoms with Crippen molar-refractivity contribution in [2.75, 3.05) is 13.1 Å². The minimum absolute atomic E-state index is 0.0739. The molecule has 2 atom stereocenters. The number of benzene rings is 1. The van der Waals surface area contributed by atoms with Gasteiger partial charge in [-0.2, -0.15) is 0 Å². The molecule has 0 unspecified atom stereocenters. The smallest absolute Gasteiger partial charge is 0.407 e. The van der Waals surface area contributed by atoms with Gasteiger partial charge >= 0.3 is 6.09 Å². The Kier molecular flexibility index (Phi) is 3.99. The summed E-state index contributed by atoms with van der Waals surface area (Å²) in [6, 6.07) is 9.86. The summed E-state index contributed by atoms with van der Waals surface area (Å²) in [5.41, 5.74) is 1.09. The molecule has 1 heterocycles. The lowest BCUT2D eigenvalue weighted by atomic mass is 10.1. The van der Waals surface area contributed by atoms with E-state index in [9.17, 15) is 4.79 Å². The summed E-state index contributed by atoms with van der Waals surface area (Å²) in [6.07, 6.45) is 0.782. The lowest BCUT2D eigenvalue weighted by molar-refractivity contribution is 0.0321. The molecule has 0 spiro atoms. The maximum Gasteiger partial charge on any atom is 0.407 e. The number of hydrogen-bond donors (Lipinski definition) is 1. The standard InChI is InChI=1S/C14H17NO3/c1-2-12-8-15(14(16)17)9-13(12)18-10-11-6-4-3-5-7-11/h2-7,12-13H,1,8-10H2,(H,16,17)/t12-,13-/m1/s1. The van der Waals surface area contributed by atoms with Crippen molar-refractivity contribution in [3.8, 4) is 0 Å². The molecule has 1 aliphatic rings. The van der Waals surface area contributed by atoms with Gasteiger partial charge in [0.1, 0.15) is 0 Å². The van der Waals surface area contributed by atoms with E-state index in [0.717, 1.165) is 5.56 Å². The first-order valence-corrected chi connectivity index (χ1v) is 5.96. The van der Waals surface area contributed by atoms with Crippen LogP contribution in [0, 0.1) is 5.92 Å². The van der Waals surface area contributed by atoms with Gasteiger partial charge in [-0.3, -0.25) is 0 Å². The van der Waals surface area contributed by atoms with E-state index in [2.05, 4.69) is 6.58 Å². The van der Waals surface area contributed by atoms with E-state index in [-0.39, 0.29) is 12.0 Å². The predicted octanol–water partition coefficient (Wildman–Crippen LogP) is 2.37. The van der Waals surface area contributed by atoms with Gasteiger partial charge in [-0.15, -0.1) is 6.58 Å². The Balaban J connectivity index is 1.92. The number of carbonyl (C=O) groups is 1. The molecule has 0 aromatic heterocycles. The van der Waals surface area contributed by atoms with E-state index in [1.807, 2.05) is 30.3 Å². The third-order valence-electron chi connectivity index (χ3n) is 3.19. The van der Waals surface area contributed by atoms with Gasteiger partial charge in [0.15, 0.2) is 0 Å². The Morgan fingerprint density at radius 3 is 2.78 bits per heavy atom. The molecule has 1 amide bonds. The third kappa shape index (κ3) is 2.90. The monoisotopic (exact) mass is 247 g/mol. The summed E-state index contributed by atoms with van der Waals surface area (Å²) in [7, 11) is 0. The normalized spacial score (nSPS) is 23.0. The van der Waals surface area contributed by atoms with Crippen molar-refractivity contribution < 1.29 is 14.6 Å². The third-order valence-corrected chi connectivity index (χ3v) is 3.19. The van der Waals surface area contributed by atoms with Gasteiger partial charge in [0.2, 0.25) is 0 Å². The van der Waals surface area contributed by atoms with Crippen molar-refractivity contribution in [2.24, 2.45) is 5.92 Å². The average molecular weight is 247 g/mol. The largest absolute Gasteiger partial charge is 0.465 e. The summed E-state index contributed by atoms with van der Waals surface area (Å²) >= 11 is 0. The van der Waals surface area contributed by atoms with Gasteiger partial charge in [-0.05, 0) is 5.56 Å². The Morgan fingerprint density at radius 1 is 1.44 bits per heavy atom. The van der Waals surface area contributed by atoms with Crippen molar-refractivity contribution in [2.45, 2.75) is 12.7 Å². The van der Waals surface area contributed by atoms with Crippen LogP contribution in [0.2, 0.25) is 0 Å². The summed E-state index contributed by atoms with van der Waals surface area (Å²) < 4.78 is 5.80. The first kappa shape index (κ1) is 12.6. The van der Waals surface area contributed by atoms with E-state index >= 15 is 0 Å². The minimum Gasteiger partial charge on any atom is -0.465 e. The van der Waals surface area contributed by atoms with Crippen LogP contribution in [-0.4, -0.2) is 35.3 Å². The molecule has 4 heteroatoms. The van der Waals surface area contributed by atoms with Crippen LogP contribution in [-0.2, 0) is 11.3 Å². The van der Waals surface area contributed by atoms with Crippen molar-refractivity contribution in [3.05, 3.63) is 48.6 Å². The van der Waals surface area contributed by atoms with Gasteiger partial charge in [0.05, 0.1) is 19.3 Å². The zero-order valence-corrected chi connectivity index (χ0v) is 10.2. The Bertz CT molecular complexity index is 418. The molecule has 96 valence electrons. The van der Waals surface area contributed by atoms with Crippen LogP contribution in [0.5, 0.6) is 0 Å². The maximum atomic E-state index is 10.9. The number of ether oxygens (including phenoxy) is 1. The molecule has 0 bridgehead atoms. The van der Waals surface area contributed by atoms with Crippen LogP contribution < -0.4 is 0 Å². The van der Waals surface area contributed by atoms with Crippen molar-refractivity contribution in [3.63, 3.8) is 0 Å². The number of amides is 1.